The van der Waals surface area contributed by atoms with E-state index in [0.29, 0.717) is 21.8 Å². The quantitative estimate of drug-likeness (QED) is 0.582. The highest BCUT2D eigenvalue weighted by Gasteiger charge is 2.28. The number of benzene rings is 1. The molecule has 3 rings (SSSR count). The van der Waals surface area contributed by atoms with Gasteiger partial charge in [0.25, 0.3) is 5.91 Å². The fraction of sp³-hybridized carbons (Fsp3) is 0.316. The van der Waals surface area contributed by atoms with Gasteiger partial charge in [-0.25, -0.2) is 9.59 Å². The van der Waals surface area contributed by atoms with Crippen molar-refractivity contribution in [1.29, 1.82) is 0 Å². The van der Waals surface area contributed by atoms with E-state index in [-0.39, 0.29) is 6.61 Å². The highest BCUT2D eigenvalue weighted by Crippen LogP contribution is 2.39. The molecule has 27 heavy (non-hydrogen) atoms. The second kappa shape index (κ2) is 8.22. The molecule has 7 nitrogen and oxygen atoms in total. The van der Waals surface area contributed by atoms with E-state index in [1.54, 1.807) is 19.1 Å². The molecule has 0 unspecified atom stereocenters. The van der Waals surface area contributed by atoms with Crippen molar-refractivity contribution in [3.05, 3.63) is 45.8 Å². The van der Waals surface area contributed by atoms with Crippen LogP contribution in [0.1, 0.15) is 44.5 Å². The number of fused-ring (bicyclic) bond motifs is 1. The molecule has 0 saturated carbocycles. The van der Waals surface area contributed by atoms with Crippen LogP contribution in [0.5, 0.6) is 0 Å². The van der Waals surface area contributed by atoms with Gasteiger partial charge in [-0.3, -0.25) is 4.79 Å². The Balaban J connectivity index is 1.65. The lowest BCUT2D eigenvalue weighted by Crippen LogP contribution is -2.22. The molecule has 1 aliphatic carbocycles. The number of hydrogen-bond donors (Lipinski definition) is 2. The van der Waals surface area contributed by atoms with E-state index >= 15 is 0 Å². The zero-order valence-electron chi connectivity index (χ0n) is 14.9. The first-order chi connectivity index (χ1) is 13.0. The first-order valence-corrected chi connectivity index (χ1v) is 9.45. The fourth-order valence-corrected chi connectivity index (χ4v) is 4.20. The summed E-state index contributed by atoms with van der Waals surface area (Å²) in [7, 11) is 0. The van der Waals surface area contributed by atoms with Gasteiger partial charge >= 0.3 is 11.9 Å². The Morgan fingerprint density at radius 3 is 2.56 bits per heavy atom. The third-order valence-electron chi connectivity index (χ3n) is 4.13. The molecule has 0 saturated heterocycles. The smallest absolute Gasteiger partial charge is 0.341 e. The van der Waals surface area contributed by atoms with Crippen molar-refractivity contribution in [2.24, 2.45) is 0 Å². The Labute approximate surface area is 160 Å². The molecule has 0 spiro atoms. The summed E-state index contributed by atoms with van der Waals surface area (Å²) in [6, 6.07) is 6.21. The van der Waals surface area contributed by atoms with Gasteiger partial charge in [-0.2, -0.15) is 0 Å². The summed E-state index contributed by atoms with van der Waals surface area (Å²) in [6.45, 7) is 1.55. The maximum atomic E-state index is 12.3. The van der Waals surface area contributed by atoms with Gasteiger partial charge in [0.1, 0.15) is 5.00 Å². The van der Waals surface area contributed by atoms with Crippen LogP contribution in [0.25, 0.3) is 0 Å². The Morgan fingerprint density at radius 2 is 1.85 bits per heavy atom. The molecule has 1 aromatic carbocycles. The number of carbonyl (C=O) groups excluding carboxylic acids is 3. The lowest BCUT2D eigenvalue weighted by molar-refractivity contribution is -0.119. The predicted octanol–water partition coefficient (Wildman–Crippen LogP) is 2.79. The largest absolute Gasteiger partial charge is 0.462 e. The van der Waals surface area contributed by atoms with Gasteiger partial charge in [-0.15, -0.1) is 11.3 Å². The van der Waals surface area contributed by atoms with Crippen LogP contribution in [0, 0.1) is 0 Å². The molecule has 2 aromatic rings. The summed E-state index contributed by atoms with van der Waals surface area (Å²) in [6.07, 6.45) is 2.66. The van der Waals surface area contributed by atoms with Gasteiger partial charge < -0.3 is 20.5 Å². The average Bonchev–Trinajstić information content (AvgIpc) is 3.21. The second-order valence-corrected chi connectivity index (χ2v) is 7.13. The van der Waals surface area contributed by atoms with E-state index in [1.165, 1.54) is 23.5 Å². The molecule has 0 radical (unpaired) electrons. The Kier molecular flexibility index (Phi) is 5.75. The number of carbonyl (C=O) groups is 3. The molecule has 0 fully saturated rings. The van der Waals surface area contributed by atoms with Crippen molar-refractivity contribution in [2.75, 3.05) is 24.3 Å². The minimum Gasteiger partial charge on any atom is -0.462 e. The Bertz CT molecular complexity index is 873. The number of anilines is 2. The van der Waals surface area contributed by atoms with Gasteiger partial charge in [0.2, 0.25) is 0 Å². The van der Waals surface area contributed by atoms with Gasteiger partial charge in [0.05, 0.1) is 17.7 Å². The number of aryl methyl sites for hydroxylation is 1. The molecular formula is C19H20N2O5S. The van der Waals surface area contributed by atoms with Gasteiger partial charge in [-0.05, 0) is 56.0 Å². The number of nitrogen functional groups attached to an aromatic ring is 1. The summed E-state index contributed by atoms with van der Waals surface area (Å²) in [5.74, 6) is -1.57. The topological polar surface area (TPSA) is 108 Å². The summed E-state index contributed by atoms with van der Waals surface area (Å²) in [4.78, 5) is 37.6. The zero-order valence-corrected chi connectivity index (χ0v) is 15.7. The van der Waals surface area contributed by atoms with Crippen molar-refractivity contribution in [1.82, 2.24) is 0 Å². The third-order valence-corrected chi connectivity index (χ3v) is 5.34. The molecule has 3 N–H and O–H groups in total. The van der Waals surface area contributed by atoms with Crippen LogP contribution in [0.15, 0.2) is 24.3 Å². The lowest BCUT2D eigenvalue weighted by atomic mass is 10.1. The van der Waals surface area contributed by atoms with Crippen molar-refractivity contribution in [3.63, 3.8) is 0 Å². The monoisotopic (exact) mass is 388 g/mol. The van der Waals surface area contributed by atoms with E-state index in [1.807, 2.05) is 0 Å². The standard InChI is InChI=1S/C19H20N2O5S/c1-2-25-19(24)16-13-4-3-5-14(13)27-17(16)21-15(22)10-26-18(23)11-6-8-12(20)9-7-11/h6-9H,2-5,10,20H2,1H3,(H,21,22). The van der Waals surface area contributed by atoms with Crippen LogP contribution in [-0.2, 0) is 27.1 Å². The maximum Gasteiger partial charge on any atom is 0.341 e. The minimum absolute atomic E-state index is 0.260. The number of thiophene rings is 1. The molecule has 0 bridgehead atoms. The molecule has 1 aliphatic rings. The number of nitrogens with two attached hydrogens (primary N) is 1. The van der Waals surface area contributed by atoms with Crippen molar-refractivity contribution >= 4 is 39.9 Å². The number of amides is 1. The van der Waals surface area contributed by atoms with Crippen molar-refractivity contribution < 1.29 is 23.9 Å². The molecular weight excluding hydrogens is 368 g/mol. The zero-order chi connectivity index (χ0) is 19.4. The SMILES string of the molecule is CCOC(=O)c1c(NC(=O)COC(=O)c2ccc(N)cc2)sc2c1CCC2. The number of rotatable bonds is 6. The maximum absolute atomic E-state index is 12.3. The van der Waals surface area contributed by atoms with E-state index in [0.717, 1.165) is 29.7 Å². The Hall–Kier alpha value is -2.87. The van der Waals surface area contributed by atoms with Crippen molar-refractivity contribution in [3.8, 4) is 0 Å². The summed E-state index contributed by atoms with van der Waals surface area (Å²) >= 11 is 1.38. The van der Waals surface area contributed by atoms with Crippen LogP contribution in [-0.4, -0.2) is 31.1 Å². The summed E-state index contributed by atoms with van der Waals surface area (Å²) in [5, 5.41) is 3.13. The lowest BCUT2D eigenvalue weighted by Gasteiger charge is -2.08. The van der Waals surface area contributed by atoms with Crippen LogP contribution >= 0.6 is 11.3 Å². The van der Waals surface area contributed by atoms with Crippen LogP contribution < -0.4 is 11.1 Å². The highest BCUT2D eigenvalue weighted by molar-refractivity contribution is 7.17. The second-order valence-electron chi connectivity index (χ2n) is 6.03. The first-order valence-electron chi connectivity index (χ1n) is 8.63. The molecule has 0 atom stereocenters. The molecule has 1 aromatic heterocycles. The number of ether oxygens (including phenoxy) is 2. The molecule has 1 heterocycles. The highest BCUT2D eigenvalue weighted by atomic mass is 32.1. The third kappa shape index (κ3) is 4.28. The van der Waals surface area contributed by atoms with Crippen LogP contribution in [0.2, 0.25) is 0 Å². The normalized spacial score (nSPS) is 12.3. The summed E-state index contributed by atoms with van der Waals surface area (Å²) < 4.78 is 10.1. The predicted molar refractivity (Wildman–Crippen MR) is 102 cm³/mol. The van der Waals surface area contributed by atoms with Crippen LogP contribution in [0.4, 0.5) is 10.7 Å². The summed E-state index contributed by atoms with van der Waals surface area (Å²) in [5.41, 5.74) is 7.78. The van der Waals surface area contributed by atoms with E-state index < -0.39 is 24.5 Å². The fourth-order valence-electron chi connectivity index (χ4n) is 2.91. The molecule has 8 heteroatoms. The molecule has 142 valence electrons. The number of nitrogens with one attached hydrogen (secondary N) is 1. The van der Waals surface area contributed by atoms with Crippen molar-refractivity contribution in [2.45, 2.75) is 26.2 Å². The average molecular weight is 388 g/mol. The number of esters is 2. The van der Waals surface area contributed by atoms with Gasteiger partial charge in [0.15, 0.2) is 6.61 Å². The molecule has 1 amide bonds. The van der Waals surface area contributed by atoms with E-state index in [9.17, 15) is 14.4 Å². The van der Waals surface area contributed by atoms with Gasteiger partial charge in [-0.1, -0.05) is 0 Å². The van der Waals surface area contributed by atoms with Gasteiger partial charge in [0, 0.05) is 10.6 Å². The number of hydrogen-bond acceptors (Lipinski definition) is 7. The first kappa shape index (κ1) is 18.9. The van der Waals surface area contributed by atoms with E-state index in [2.05, 4.69) is 5.32 Å². The van der Waals surface area contributed by atoms with Crippen LogP contribution in [0.3, 0.4) is 0 Å². The minimum atomic E-state index is -0.621. The Morgan fingerprint density at radius 1 is 1.11 bits per heavy atom. The molecule has 0 aliphatic heterocycles. The van der Waals surface area contributed by atoms with E-state index in [4.69, 9.17) is 15.2 Å².